The lowest BCUT2D eigenvalue weighted by atomic mass is 10.1. The fourth-order valence-electron chi connectivity index (χ4n) is 1.62. The van der Waals surface area contributed by atoms with Crippen molar-refractivity contribution >= 4 is 5.71 Å². The van der Waals surface area contributed by atoms with E-state index in [-0.39, 0.29) is 0 Å². The summed E-state index contributed by atoms with van der Waals surface area (Å²) in [6.45, 7) is 0.885. The van der Waals surface area contributed by atoms with Crippen molar-refractivity contribution in [1.82, 2.24) is 5.43 Å². The first-order chi connectivity index (χ1) is 7.35. The van der Waals surface area contributed by atoms with Crippen LogP contribution in [0.5, 0.6) is 11.5 Å². The Balaban J connectivity index is 2.41. The van der Waals surface area contributed by atoms with Crippen molar-refractivity contribution in [1.29, 1.82) is 0 Å². The van der Waals surface area contributed by atoms with Gasteiger partial charge in [-0.25, -0.2) is 0 Å². The van der Waals surface area contributed by atoms with E-state index in [9.17, 15) is 0 Å². The summed E-state index contributed by atoms with van der Waals surface area (Å²) >= 11 is 0. The van der Waals surface area contributed by atoms with Crippen molar-refractivity contribution in [2.75, 3.05) is 20.8 Å². The molecule has 15 heavy (non-hydrogen) atoms. The quantitative estimate of drug-likeness (QED) is 0.813. The highest BCUT2D eigenvalue weighted by molar-refractivity contribution is 6.03. The molecule has 1 aromatic rings. The van der Waals surface area contributed by atoms with E-state index in [4.69, 9.17) is 9.47 Å². The normalized spacial score (nSPS) is 14.4. The summed E-state index contributed by atoms with van der Waals surface area (Å²) in [6.07, 6.45) is 0.920. The van der Waals surface area contributed by atoms with Crippen molar-refractivity contribution in [3.8, 4) is 11.5 Å². The molecular formula is C11H14N2O2. The van der Waals surface area contributed by atoms with Crippen LogP contribution in [-0.2, 0) is 0 Å². The Kier molecular flexibility index (Phi) is 2.76. The summed E-state index contributed by atoms with van der Waals surface area (Å²) < 4.78 is 10.5. The first-order valence-electron chi connectivity index (χ1n) is 4.87. The van der Waals surface area contributed by atoms with E-state index < -0.39 is 0 Å². The SMILES string of the molecule is COc1ccc(OC)c(C2=NNCC2)c1. The van der Waals surface area contributed by atoms with Gasteiger partial charge in [-0.3, -0.25) is 0 Å². The van der Waals surface area contributed by atoms with Crippen LogP contribution in [0.3, 0.4) is 0 Å². The zero-order valence-corrected chi connectivity index (χ0v) is 8.91. The maximum atomic E-state index is 5.29. The molecule has 0 fully saturated rings. The molecule has 2 rings (SSSR count). The number of hydrogen-bond donors (Lipinski definition) is 1. The molecule has 0 saturated carbocycles. The molecule has 0 unspecified atom stereocenters. The van der Waals surface area contributed by atoms with Gasteiger partial charge in [0.1, 0.15) is 11.5 Å². The zero-order chi connectivity index (χ0) is 10.7. The van der Waals surface area contributed by atoms with Gasteiger partial charge < -0.3 is 14.9 Å². The Bertz CT molecular complexity index is 388. The van der Waals surface area contributed by atoms with Crippen LogP contribution in [0.2, 0.25) is 0 Å². The minimum absolute atomic E-state index is 0.820. The third-order valence-corrected chi connectivity index (χ3v) is 2.41. The van der Waals surface area contributed by atoms with Crippen molar-refractivity contribution in [2.24, 2.45) is 5.10 Å². The van der Waals surface area contributed by atoms with E-state index >= 15 is 0 Å². The lowest BCUT2D eigenvalue weighted by molar-refractivity contribution is 0.402. The molecule has 1 heterocycles. The van der Waals surface area contributed by atoms with Gasteiger partial charge in [-0.05, 0) is 18.2 Å². The van der Waals surface area contributed by atoms with Crippen molar-refractivity contribution in [2.45, 2.75) is 6.42 Å². The molecule has 1 aliphatic heterocycles. The molecule has 1 aromatic carbocycles. The van der Waals surface area contributed by atoms with Gasteiger partial charge in [-0.1, -0.05) is 0 Å². The van der Waals surface area contributed by atoms with Crippen LogP contribution >= 0.6 is 0 Å². The number of methoxy groups -OCH3 is 2. The van der Waals surface area contributed by atoms with E-state index in [2.05, 4.69) is 10.5 Å². The average molecular weight is 206 g/mol. The van der Waals surface area contributed by atoms with Crippen LogP contribution in [0.1, 0.15) is 12.0 Å². The number of ether oxygens (including phenoxy) is 2. The van der Waals surface area contributed by atoms with Crippen molar-refractivity contribution in [3.63, 3.8) is 0 Å². The van der Waals surface area contributed by atoms with Gasteiger partial charge >= 0.3 is 0 Å². The standard InChI is InChI=1S/C11H14N2O2/c1-14-8-3-4-11(15-2)9(7-8)10-5-6-12-13-10/h3-4,7,12H,5-6H2,1-2H3. The molecule has 0 spiro atoms. The fourth-order valence-corrected chi connectivity index (χ4v) is 1.62. The third kappa shape index (κ3) is 1.88. The van der Waals surface area contributed by atoms with E-state index in [1.165, 1.54) is 0 Å². The number of benzene rings is 1. The topological polar surface area (TPSA) is 42.9 Å². The van der Waals surface area contributed by atoms with Gasteiger partial charge in [0, 0.05) is 18.5 Å². The largest absolute Gasteiger partial charge is 0.497 e. The molecule has 0 atom stereocenters. The first-order valence-corrected chi connectivity index (χ1v) is 4.87. The van der Waals surface area contributed by atoms with Crippen molar-refractivity contribution < 1.29 is 9.47 Å². The molecule has 0 aromatic heterocycles. The number of rotatable bonds is 3. The minimum atomic E-state index is 0.820. The van der Waals surface area contributed by atoms with Crippen LogP contribution in [-0.4, -0.2) is 26.5 Å². The van der Waals surface area contributed by atoms with Gasteiger partial charge in [-0.2, -0.15) is 5.10 Å². The average Bonchev–Trinajstić information content (AvgIpc) is 2.81. The highest BCUT2D eigenvalue weighted by Gasteiger charge is 2.14. The summed E-state index contributed by atoms with van der Waals surface area (Å²) in [5.41, 5.74) is 4.97. The first kappa shape index (κ1) is 9.83. The number of nitrogens with one attached hydrogen (secondary N) is 1. The maximum Gasteiger partial charge on any atom is 0.128 e. The second-order valence-corrected chi connectivity index (χ2v) is 3.28. The van der Waals surface area contributed by atoms with Gasteiger partial charge in [-0.15, -0.1) is 0 Å². The molecule has 1 aliphatic rings. The molecule has 4 heteroatoms. The Labute approximate surface area is 88.9 Å². The molecule has 80 valence electrons. The van der Waals surface area contributed by atoms with Crippen LogP contribution in [0.25, 0.3) is 0 Å². The summed E-state index contributed by atoms with van der Waals surface area (Å²) in [7, 11) is 3.31. The van der Waals surface area contributed by atoms with Gasteiger partial charge in [0.25, 0.3) is 0 Å². The van der Waals surface area contributed by atoms with E-state index in [1.807, 2.05) is 18.2 Å². The predicted octanol–water partition coefficient (Wildman–Crippen LogP) is 1.40. The molecule has 0 saturated heterocycles. The van der Waals surface area contributed by atoms with E-state index in [0.29, 0.717) is 0 Å². The Hall–Kier alpha value is -1.71. The monoisotopic (exact) mass is 206 g/mol. The zero-order valence-electron chi connectivity index (χ0n) is 8.91. The van der Waals surface area contributed by atoms with Gasteiger partial charge in [0.15, 0.2) is 0 Å². The second-order valence-electron chi connectivity index (χ2n) is 3.28. The van der Waals surface area contributed by atoms with Gasteiger partial charge in [0.2, 0.25) is 0 Å². The third-order valence-electron chi connectivity index (χ3n) is 2.41. The van der Waals surface area contributed by atoms with Gasteiger partial charge in [0.05, 0.1) is 19.9 Å². The number of hydrazone groups is 1. The summed E-state index contributed by atoms with van der Waals surface area (Å²) in [4.78, 5) is 0. The second kappa shape index (κ2) is 4.21. The molecule has 4 nitrogen and oxygen atoms in total. The Morgan fingerprint density at radius 3 is 2.73 bits per heavy atom. The van der Waals surface area contributed by atoms with Crippen molar-refractivity contribution in [3.05, 3.63) is 23.8 Å². The summed E-state index contributed by atoms with van der Waals surface area (Å²) in [6, 6.07) is 5.73. The lowest BCUT2D eigenvalue weighted by Gasteiger charge is -2.09. The number of hydrogen-bond acceptors (Lipinski definition) is 4. The number of nitrogens with zero attached hydrogens (tertiary/aromatic N) is 1. The molecule has 0 aliphatic carbocycles. The van der Waals surface area contributed by atoms with Crippen LogP contribution < -0.4 is 14.9 Å². The molecule has 0 amide bonds. The van der Waals surface area contributed by atoms with Crippen LogP contribution in [0, 0.1) is 0 Å². The Morgan fingerprint density at radius 1 is 1.27 bits per heavy atom. The predicted molar refractivity (Wildman–Crippen MR) is 58.7 cm³/mol. The highest BCUT2D eigenvalue weighted by Crippen LogP contribution is 2.26. The fraction of sp³-hybridized carbons (Fsp3) is 0.364. The molecular weight excluding hydrogens is 192 g/mol. The minimum Gasteiger partial charge on any atom is -0.497 e. The Morgan fingerprint density at radius 2 is 2.13 bits per heavy atom. The summed E-state index contributed by atoms with van der Waals surface area (Å²) in [5, 5.41) is 4.22. The molecule has 1 N–H and O–H groups in total. The highest BCUT2D eigenvalue weighted by atomic mass is 16.5. The molecule has 0 radical (unpaired) electrons. The maximum absolute atomic E-state index is 5.29. The molecule has 0 bridgehead atoms. The van der Waals surface area contributed by atoms with Crippen LogP contribution in [0.15, 0.2) is 23.3 Å². The van der Waals surface area contributed by atoms with E-state index in [0.717, 1.165) is 35.7 Å². The lowest BCUT2D eigenvalue weighted by Crippen LogP contribution is -2.01. The smallest absolute Gasteiger partial charge is 0.128 e. The van der Waals surface area contributed by atoms with E-state index in [1.54, 1.807) is 14.2 Å². The summed E-state index contributed by atoms with van der Waals surface area (Å²) in [5.74, 6) is 1.65. The van der Waals surface area contributed by atoms with Crippen LogP contribution in [0.4, 0.5) is 0 Å².